The highest BCUT2D eigenvalue weighted by atomic mass is 16.2. The van der Waals surface area contributed by atoms with Gasteiger partial charge in [-0.15, -0.1) is 0 Å². The zero-order valence-electron chi connectivity index (χ0n) is 27.8. The van der Waals surface area contributed by atoms with Crippen LogP contribution in [0, 0.1) is 34.6 Å². The minimum absolute atomic E-state index is 0. The van der Waals surface area contributed by atoms with E-state index in [-0.39, 0.29) is 26.5 Å². The lowest BCUT2D eigenvalue weighted by Crippen LogP contribution is -2.38. The Kier molecular flexibility index (Phi) is 15.2. The molecule has 0 spiro atoms. The molecule has 11 nitrogen and oxygen atoms in total. The largest absolute Gasteiger partial charge is 0.349 e. The monoisotopic (exact) mass is 644 g/mol. The van der Waals surface area contributed by atoms with Gasteiger partial charge in [-0.1, -0.05) is 48.3 Å². The second-order valence-electron chi connectivity index (χ2n) is 10.8. The second-order valence-corrected chi connectivity index (χ2v) is 10.8. The third-order valence-corrected chi connectivity index (χ3v) is 7.33. The Morgan fingerprint density at radius 2 is 1.47 bits per heavy atom. The molecule has 0 aliphatic carbocycles. The molecule has 0 atom stereocenters. The number of aryl methyl sites for hydroxylation is 5. The number of hydrogen-bond acceptors (Lipinski definition) is 8. The van der Waals surface area contributed by atoms with Gasteiger partial charge in [0.25, 0.3) is 11.5 Å². The number of amides is 1. The van der Waals surface area contributed by atoms with Crippen molar-refractivity contribution in [3.05, 3.63) is 85.3 Å². The van der Waals surface area contributed by atoms with E-state index in [4.69, 9.17) is 0 Å². The zero-order chi connectivity index (χ0) is 33.4. The number of aliphatic imine (C=N–C) groups is 2. The van der Waals surface area contributed by atoms with Gasteiger partial charge in [0, 0.05) is 13.1 Å². The van der Waals surface area contributed by atoms with Crippen molar-refractivity contribution < 1.29 is 4.79 Å². The summed E-state index contributed by atoms with van der Waals surface area (Å²) in [5.74, 6) is 0.436. The van der Waals surface area contributed by atoms with Crippen LogP contribution in [0.5, 0.6) is 0 Å². The summed E-state index contributed by atoms with van der Waals surface area (Å²) >= 11 is 0. The van der Waals surface area contributed by atoms with Gasteiger partial charge in [-0.3, -0.25) is 14.6 Å². The highest BCUT2D eigenvalue weighted by Crippen LogP contribution is 2.25. The Balaban J connectivity index is 0.000000439. The SMILES string of the molecule is C.C.C=C1N=C(C)C(=Nc2cc(C)c(C)cc2C)C(=O)N1.CC.CCCNCCn1c2nc(=O)[nH]c(=O)c-2nc2cc(C)c(C)cc21. The summed E-state index contributed by atoms with van der Waals surface area (Å²) in [6.07, 6.45) is 1.05. The molecule has 0 radical (unpaired) electrons. The van der Waals surface area contributed by atoms with Crippen molar-refractivity contribution in [1.82, 2.24) is 30.2 Å². The number of H-pyrrole nitrogens is 1. The number of nitrogens with one attached hydrogen (secondary N) is 3. The van der Waals surface area contributed by atoms with Crippen LogP contribution < -0.4 is 21.9 Å². The predicted octanol–water partition coefficient (Wildman–Crippen LogP) is 6.25. The van der Waals surface area contributed by atoms with Gasteiger partial charge in [-0.2, -0.15) is 4.98 Å². The average molecular weight is 645 g/mol. The van der Waals surface area contributed by atoms with Crippen molar-refractivity contribution in [1.29, 1.82) is 0 Å². The summed E-state index contributed by atoms with van der Waals surface area (Å²) in [6.45, 7) is 23.9. The normalized spacial score (nSPS) is 13.0. The first-order valence-corrected chi connectivity index (χ1v) is 15.2. The Morgan fingerprint density at radius 1 is 0.851 bits per heavy atom. The van der Waals surface area contributed by atoms with Crippen LogP contribution in [0.3, 0.4) is 0 Å². The molecule has 5 rings (SSSR count). The molecule has 3 N–H and O–H groups in total. The molecule has 1 amide bonds. The van der Waals surface area contributed by atoms with Gasteiger partial charge in [-0.25, -0.2) is 19.8 Å². The van der Waals surface area contributed by atoms with E-state index in [0.29, 0.717) is 29.6 Å². The smallest absolute Gasteiger partial charge is 0.321 e. The number of fused-ring (bicyclic) bond motifs is 2. The molecular weight excluding hydrogens is 592 g/mol. The first kappa shape index (κ1) is 40.3. The number of carbonyl (C=O) groups excluding carboxylic acids is 1. The first-order valence-electron chi connectivity index (χ1n) is 15.2. The summed E-state index contributed by atoms with van der Waals surface area (Å²) in [4.78, 5) is 54.9. The van der Waals surface area contributed by atoms with Crippen LogP contribution in [-0.4, -0.2) is 49.9 Å². The first-order chi connectivity index (χ1) is 21.4. The predicted molar refractivity (Wildman–Crippen MR) is 197 cm³/mol. The molecule has 0 saturated carbocycles. The summed E-state index contributed by atoms with van der Waals surface area (Å²) in [5.41, 5.74) is 8.04. The Morgan fingerprint density at radius 3 is 2.11 bits per heavy atom. The van der Waals surface area contributed by atoms with Crippen LogP contribution in [0.25, 0.3) is 22.6 Å². The number of aromatic nitrogens is 4. The van der Waals surface area contributed by atoms with Crippen LogP contribution in [-0.2, 0) is 11.3 Å². The van der Waals surface area contributed by atoms with E-state index >= 15 is 0 Å². The standard InChI is InChI=1S/C17H21N5O2.C15H17N3O.C2H6.2CH4/c1-4-5-18-6-7-22-13-9-11(3)10(2)8-12(13)19-14-15(22)20-17(24)21-16(14)23;1-8-6-10(3)13(7-9(8)2)18-14-11(4)16-12(5)17-15(14)19;1-2;;/h8-9,18H,4-7H2,1-3H3,(H,21,23,24);6-7H,5H2,1-4H3,(H,17,19);1-2H3;2*1H4. The highest BCUT2D eigenvalue weighted by Gasteiger charge is 2.21. The molecule has 254 valence electrons. The fourth-order valence-electron chi connectivity index (χ4n) is 4.72. The molecular formula is C36H52N8O3. The van der Waals surface area contributed by atoms with E-state index in [1.54, 1.807) is 6.92 Å². The summed E-state index contributed by atoms with van der Waals surface area (Å²) in [5, 5.41) is 5.91. The number of aromatic amines is 1. The van der Waals surface area contributed by atoms with Crippen molar-refractivity contribution in [3.8, 4) is 11.5 Å². The van der Waals surface area contributed by atoms with Crippen LogP contribution in [0.1, 0.15) is 76.8 Å². The third kappa shape index (κ3) is 9.62. The molecule has 0 saturated heterocycles. The molecule has 2 aromatic rings. The molecule has 0 fully saturated rings. The molecule has 2 aromatic carbocycles. The Labute approximate surface area is 278 Å². The summed E-state index contributed by atoms with van der Waals surface area (Å²) in [6, 6.07) is 8.05. The van der Waals surface area contributed by atoms with Crippen LogP contribution in [0.15, 0.2) is 56.2 Å². The topological polar surface area (TPSA) is 146 Å². The fourth-order valence-corrected chi connectivity index (χ4v) is 4.72. The molecule has 0 bridgehead atoms. The van der Waals surface area contributed by atoms with Crippen molar-refractivity contribution in [2.24, 2.45) is 9.98 Å². The zero-order valence-corrected chi connectivity index (χ0v) is 27.8. The Bertz CT molecular complexity index is 1880. The number of rotatable bonds is 6. The fraction of sp³-hybridized carbons (Fsp3) is 0.417. The lowest BCUT2D eigenvalue weighted by molar-refractivity contribution is -0.114. The lowest BCUT2D eigenvalue weighted by atomic mass is 10.0. The van der Waals surface area contributed by atoms with E-state index in [2.05, 4.69) is 62.1 Å². The molecule has 0 unspecified atom stereocenters. The molecule has 11 heteroatoms. The Hall–Kier alpha value is -4.77. The maximum Gasteiger partial charge on any atom is 0.349 e. The quantitative estimate of drug-likeness (QED) is 0.167. The van der Waals surface area contributed by atoms with Crippen molar-refractivity contribution in [2.45, 2.75) is 90.1 Å². The molecule has 3 aliphatic heterocycles. The van der Waals surface area contributed by atoms with Gasteiger partial charge >= 0.3 is 5.69 Å². The van der Waals surface area contributed by atoms with E-state index in [1.165, 1.54) is 5.56 Å². The lowest BCUT2D eigenvalue weighted by Gasteiger charge is -2.18. The maximum absolute atomic E-state index is 12.1. The van der Waals surface area contributed by atoms with Gasteiger partial charge in [0.05, 0.1) is 22.4 Å². The van der Waals surface area contributed by atoms with Crippen molar-refractivity contribution in [3.63, 3.8) is 0 Å². The van der Waals surface area contributed by atoms with Gasteiger partial charge in [0.1, 0.15) is 11.5 Å². The van der Waals surface area contributed by atoms with E-state index < -0.39 is 11.2 Å². The van der Waals surface area contributed by atoms with E-state index in [0.717, 1.165) is 58.5 Å². The molecule has 0 aromatic heterocycles. The second kappa shape index (κ2) is 17.8. The summed E-state index contributed by atoms with van der Waals surface area (Å²) < 4.78 is 1.91. The van der Waals surface area contributed by atoms with Crippen LogP contribution in [0.4, 0.5) is 5.69 Å². The minimum Gasteiger partial charge on any atom is -0.321 e. The van der Waals surface area contributed by atoms with E-state index in [9.17, 15) is 14.4 Å². The molecule has 3 heterocycles. The molecule has 3 aliphatic rings. The number of nitrogens with zero attached hydrogens (tertiary/aromatic N) is 5. The van der Waals surface area contributed by atoms with Gasteiger partial charge < -0.3 is 15.2 Å². The third-order valence-electron chi connectivity index (χ3n) is 7.33. The van der Waals surface area contributed by atoms with Crippen molar-refractivity contribution >= 4 is 34.1 Å². The van der Waals surface area contributed by atoms with Crippen LogP contribution >= 0.6 is 0 Å². The molecule has 47 heavy (non-hydrogen) atoms. The summed E-state index contributed by atoms with van der Waals surface area (Å²) in [7, 11) is 0. The van der Waals surface area contributed by atoms with Crippen LogP contribution in [0.2, 0.25) is 0 Å². The van der Waals surface area contributed by atoms with Crippen molar-refractivity contribution in [2.75, 3.05) is 13.1 Å². The maximum atomic E-state index is 12.1. The number of benzene rings is 2. The number of carbonyl (C=O) groups is 1. The van der Waals surface area contributed by atoms with E-state index in [1.807, 2.05) is 64.3 Å². The van der Waals surface area contributed by atoms with Gasteiger partial charge in [-0.05, 0) is 101 Å². The van der Waals surface area contributed by atoms with Gasteiger partial charge in [0.15, 0.2) is 11.5 Å². The highest BCUT2D eigenvalue weighted by molar-refractivity contribution is 6.67. The minimum atomic E-state index is -0.646. The average Bonchev–Trinajstić information content (AvgIpc) is 2.98. The number of hydrogen-bond donors (Lipinski definition) is 3. The van der Waals surface area contributed by atoms with Gasteiger partial charge in [0.2, 0.25) is 0 Å².